The highest BCUT2D eigenvalue weighted by atomic mass is 16.5. The smallest absolute Gasteiger partial charge is 0.177 e. The predicted octanol–water partition coefficient (Wildman–Crippen LogP) is 0.532. The summed E-state index contributed by atoms with van der Waals surface area (Å²) < 4.78 is 8.84. The van der Waals surface area contributed by atoms with Crippen molar-refractivity contribution in [1.82, 2.24) is 25.8 Å². The Morgan fingerprint density at radius 3 is 2.35 bits per heavy atom. The second-order valence-electron chi connectivity index (χ2n) is 2.99. The van der Waals surface area contributed by atoms with Gasteiger partial charge in [0.1, 0.15) is 6.26 Å². The summed E-state index contributed by atoms with van der Waals surface area (Å²) in [4.78, 5) is 10.2. The highest BCUT2D eigenvalue weighted by Gasteiger charge is 1.79. The topological polar surface area (TPSA) is 134 Å². The Morgan fingerprint density at radius 2 is 2.10 bits per heavy atom. The third kappa shape index (κ3) is 7.37. The molecule has 0 radical (unpaired) electrons. The molecule has 0 saturated carbocycles. The summed E-state index contributed by atoms with van der Waals surface area (Å²) in [6, 6.07) is 2.89. The Hall–Kier alpha value is -2.97. The van der Waals surface area contributed by atoms with E-state index in [4.69, 9.17) is 0 Å². The summed E-state index contributed by atoms with van der Waals surface area (Å²) in [5, 5.41) is 25.9. The molecule has 0 amide bonds. The molecule has 9 nitrogen and oxygen atoms in total. The van der Waals surface area contributed by atoms with Crippen LogP contribution in [-0.2, 0) is 0 Å². The Labute approximate surface area is 114 Å². The summed E-state index contributed by atoms with van der Waals surface area (Å²) >= 11 is 0. The minimum absolute atomic E-state index is 0. The van der Waals surface area contributed by atoms with Crippen molar-refractivity contribution < 1.29 is 14.0 Å². The molecule has 3 heterocycles. The van der Waals surface area contributed by atoms with Gasteiger partial charge in [-0.2, -0.15) is 5.21 Å². The van der Waals surface area contributed by atoms with E-state index in [-0.39, 0.29) is 7.43 Å². The van der Waals surface area contributed by atoms with E-state index in [1.165, 1.54) is 12.6 Å². The van der Waals surface area contributed by atoms with Gasteiger partial charge in [0.2, 0.25) is 0 Å². The molecular formula is C11H14N5O4-. The van der Waals surface area contributed by atoms with E-state index in [1.807, 2.05) is 6.92 Å². The van der Waals surface area contributed by atoms with Crippen molar-refractivity contribution in [3.8, 4) is 5.75 Å². The Morgan fingerprint density at radius 1 is 1.30 bits per heavy atom. The highest BCUT2D eigenvalue weighted by Crippen LogP contribution is 1.89. The first-order chi connectivity index (χ1) is 9.20. The summed E-state index contributed by atoms with van der Waals surface area (Å²) in [5.74, 6) is -0.604. The maximum Gasteiger partial charge on any atom is 0.177 e. The summed E-state index contributed by atoms with van der Waals surface area (Å²) in [6.45, 7) is 1.88. The summed E-state index contributed by atoms with van der Waals surface area (Å²) in [7, 11) is 0. The minimum Gasteiger partial charge on any atom is -0.868 e. The van der Waals surface area contributed by atoms with Gasteiger partial charge in [-0.05, 0) is 12.7 Å². The van der Waals surface area contributed by atoms with E-state index in [9.17, 15) is 9.90 Å². The van der Waals surface area contributed by atoms with Gasteiger partial charge in [0.15, 0.2) is 11.8 Å². The van der Waals surface area contributed by atoms with E-state index in [0.29, 0.717) is 0 Å². The van der Waals surface area contributed by atoms with Gasteiger partial charge in [-0.15, -0.1) is 10.2 Å². The fraction of sp³-hybridized carbons (Fsp3) is 0.182. The lowest BCUT2D eigenvalue weighted by Gasteiger charge is -1.96. The number of hydrogen-bond donors (Lipinski definition) is 1. The van der Waals surface area contributed by atoms with Crippen LogP contribution >= 0.6 is 0 Å². The second-order valence-corrected chi connectivity index (χ2v) is 2.99. The first-order valence-corrected chi connectivity index (χ1v) is 4.97. The van der Waals surface area contributed by atoms with Crippen molar-refractivity contribution in [3.05, 3.63) is 53.2 Å². The van der Waals surface area contributed by atoms with Crippen molar-refractivity contribution in [2.45, 2.75) is 14.4 Å². The number of aryl methyl sites for hydroxylation is 1. The lowest BCUT2D eigenvalue weighted by molar-refractivity contribution is -0.271. The second kappa shape index (κ2) is 10.00. The minimum atomic E-state index is -0.604. The molecule has 1 N–H and O–H groups in total. The molecule has 0 aliphatic heterocycles. The van der Waals surface area contributed by atoms with Crippen molar-refractivity contribution in [3.63, 3.8) is 0 Å². The third-order valence-corrected chi connectivity index (χ3v) is 1.55. The first kappa shape index (κ1) is 17.0. The van der Waals surface area contributed by atoms with Gasteiger partial charge in [-0.3, -0.25) is 4.79 Å². The van der Waals surface area contributed by atoms with Crippen LogP contribution in [0.4, 0.5) is 0 Å². The number of nitrogens with zero attached hydrogens (tertiary/aromatic N) is 4. The molecule has 0 spiro atoms. The van der Waals surface area contributed by atoms with Crippen LogP contribution in [0.25, 0.3) is 0 Å². The van der Waals surface area contributed by atoms with E-state index >= 15 is 0 Å². The van der Waals surface area contributed by atoms with Gasteiger partial charge in [0.05, 0.1) is 18.2 Å². The van der Waals surface area contributed by atoms with E-state index in [2.05, 4.69) is 34.7 Å². The molecule has 0 saturated heterocycles. The molecule has 0 aromatic carbocycles. The zero-order valence-corrected chi connectivity index (χ0v) is 9.89. The molecule has 0 atom stereocenters. The van der Waals surface area contributed by atoms with Crippen LogP contribution < -0.4 is 10.5 Å². The fourth-order valence-corrected chi connectivity index (χ4v) is 0.744. The van der Waals surface area contributed by atoms with Gasteiger partial charge >= 0.3 is 0 Å². The van der Waals surface area contributed by atoms with Gasteiger partial charge in [-0.1, -0.05) is 17.8 Å². The van der Waals surface area contributed by atoms with Crippen molar-refractivity contribution >= 4 is 0 Å². The molecule has 0 bridgehead atoms. The van der Waals surface area contributed by atoms with Crippen LogP contribution in [0.2, 0.25) is 0 Å². The normalized spacial score (nSPS) is 8.25. The van der Waals surface area contributed by atoms with Crippen LogP contribution in [0.1, 0.15) is 13.1 Å². The zero-order valence-electron chi connectivity index (χ0n) is 9.89. The van der Waals surface area contributed by atoms with Gasteiger partial charge < -0.3 is 14.0 Å². The lowest BCUT2D eigenvalue weighted by Crippen LogP contribution is -2.05. The fourth-order valence-electron chi connectivity index (χ4n) is 0.744. The predicted molar refractivity (Wildman–Crippen MR) is 66.6 cm³/mol. The van der Waals surface area contributed by atoms with Crippen LogP contribution in [0, 0.1) is 6.92 Å². The number of hydrogen-bond acceptors (Lipinski definition) is 8. The maximum absolute atomic E-state index is 10.2. The molecule has 0 aliphatic rings. The Balaban J connectivity index is 0.000000271. The average Bonchev–Trinajstić information content (AvgIpc) is 3.09. The van der Waals surface area contributed by atoms with Crippen LogP contribution in [0.15, 0.2) is 51.0 Å². The average molecular weight is 280 g/mol. The van der Waals surface area contributed by atoms with Crippen LogP contribution in [0.5, 0.6) is 5.75 Å². The quantitative estimate of drug-likeness (QED) is 0.630. The molecule has 108 valence electrons. The SMILES string of the molecule is C.Cc1ccon1.O=c1ccocc1[O-].c1nn[nH]n1. The van der Waals surface area contributed by atoms with E-state index in [1.54, 1.807) is 12.3 Å². The standard InChI is InChI=1S/C5H4O3.C4H5NO.CH2N4.CH4/c6-4-1-2-8-3-5(4)7;1-4-2-3-6-5-4;1-2-4-5-3-1;/h1-3,7H;2-3H,1H3;1H,(H,2,3,4,5);1H4/p-1. The number of nitrogens with one attached hydrogen (secondary N) is 1. The van der Waals surface area contributed by atoms with E-state index in [0.717, 1.165) is 18.0 Å². The monoisotopic (exact) mass is 280 g/mol. The zero-order chi connectivity index (χ0) is 13.9. The van der Waals surface area contributed by atoms with Crippen LogP contribution in [-0.4, -0.2) is 25.8 Å². The number of aromatic nitrogens is 5. The van der Waals surface area contributed by atoms with Crippen molar-refractivity contribution in [2.75, 3.05) is 0 Å². The molecule has 0 unspecified atom stereocenters. The number of aromatic amines is 1. The lowest BCUT2D eigenvalue weighted by atomic mass is 10.5. The molecule has 9 heteroatoms. The van der Waals surface area contributed by atoms with Gasteiger partial charge in [-0.25, -0.2) is 0 Å². The molecular weight excluding hydrogens is 266 g/mol. The number of tetrazole rings is 1. The van der Waals surface area contributed by atoms with Crippen molar-refractivity contribution in [1.29, 1.82) is 0 Å². The molecule has 0 fully saturated rings. The number of rotatable bonds is 0. The van der Waals surface area contributed by atoms with Crippen LogP contribution in [0.3, 0.4) is 0 Å². The molecule has 3 aromatic heterocycles. The molecule has 20 heavy (non-hydrogen) atoms. The van der Waals surface area contributed by atoms with Gasteiger partial charge in [0.25, 0.3) is 0 Å². The Kier molecular flexibility index (Phi) is 8.51. The number of H-pyrrole nitrogens is 1. The maximum atomic E-state index is 10.2. The van der Waals surface area contributed by atoms with Gasteiger partial charge in [0, 0.05) is 12.1 Å². The Bertz CT molecular complexity index is 574. The largest absolute Gasteiger partial charge is 0.868 e. The highest BCUT2D eigenvalue weighted by molar-refractivity contribution is 5.09. The van der Waals surface area contributed by atoms with E-state index < -0.39 is 11.2 Å². The first-order valence-electron chi connectivity index (χ1n) is 4.97. The van der Waals surface area contributed by atoms with Crippen molar-refractivity contribution in [2.24, 2.45) is 0 Å². The summed E-state index contributed by atoms with van der Waals surface area (Å²) in [6.07, 6.45) is 4.93. The molecule has 0 aliphatic carbocycles. The molecule has 3 rings (SSSR count). The third-order valence-electron chi connectivity index (χ3n) is 1.55. The summed E-state index contributed by atoms with van der Waals surface area (Å²) in [5.41, 5.74) is 0.395. The molecule has 3 aromatic rings.